The number of nitrogen functional groups attached to an aromatic ring is 2. The summed E-state index contributed by atoms with van der Waals surface area (Å²) in [5.74, 6) is 1.19. The summed E-state index contributed by atoms with van der Waals surface area (Å²) in [6.45, 7) is 24.2. The fourth-order valence-electron chi connectivity index (χ4n) is 24.4. The third kappa shape index (κ3) is 26.9. The molecule has 790 valence electrons. The number of hydrogen-bond donors (Lipinski definition) is 6. The molecule has 2 saturated heterocycles. The average molecular weight is 2100 g/mol. The van der Waals surface area contributed by atoms with Crippen LogP contribution in [0.1, 0.15) is 378 Å². The van der Waals surface area contributed by atoms with Gasteiger partial charge >= 0.3 is 23.9 Å². The standard InChI is InChI=1S/C20H24N4O.C20H26O5.C16H20O2.C16H20O.C15H18O2.C12H16O4.C9H12N4O.C8H9BrO.CH4O3S/c1-12-8-14(24-19-13(2)18(21)22-11-23-19)9-15-17(12)16(25)10-20(15)6-4-3-5-7-20;1-13-10-14(12-15(11-13)23-4)20(8-6-5-7-9-20)16-17(21)24-19(2,3)25-18(16)22;1-11-8-12(18-2)9-13-15(11)14(17)10-16(13)6-4-3-5-7-16;1-11-8-12(2)15-13(9-11)16(10-14(15)17)6-4-3-5-7-16;1-10-7-11(16)8-12-14(10)13(17)9-15(12)5-3-2-4-6-15;1-12(2)15-10(13)9(11(14)16-12)8-6-4-3-5-7-8;1-5-7(10)11-4-12-8(5)13-9(14)6-2-3-6;1-6-3-7(9)5-8(4-6)10-2;1-5(2,3)4/h8-9,11H,3-7,10H2,1-2H3,(H3,21,22,23,24);10-12,16H,5-9H2,1-4H3;8-9H,3-7,10H2,1-2H3;8-9H,3-7,10H2,1-2H3;7-8,16H,2-6,9H2,1H3;3-7H2,1-2H3;4,6H,2-3H2,1H3,(H3,10,11,12,13,14);3-5H,1-2H3;1H3,(H,2,3,4). The van der Waals surface area contributed by atoms with E-state index in [-0.39, 0.29) is 44.8 Å². The van der Waals surface area contributed by atoms with E-state index < -0.39 is 56.9 Å². The van der Waals surface area contributed by atoms with Crippen LogP contribution in [-0.2, 0) is 80.1 Å². The first-order valence-electron chi connectivity index (χ1n) is 52.3. The number of fused-ring (bicyclic) bond motifs is 8. The number of carbonyl (C=O) groups is 9. The van der Waals surface area contributed by atoms with E-state index in [9.17, 15) is 56.7 Å². The highest BCUT2D eigenvalue weighted by molar-refractivity contribution is 9.10. The van der Waals surface area contributed by atoms with Gasteiger partial charge in [0.1, 0.15) is 64.5 Å². The number of methoxy groups -OCH3 is 3. The van der Waals surface area contributed by atoms with Gasteiger partial charge in [0.2, 0.25) is 5.91 Å². The summed E-state index contributed by atoms with van der Waals surface area (Å²) in [4.78, 5) is 126. The lowest BCUT2D eigenvalue weighted by Crippen LogP contribution is -2.55. The number of aryl methyl sites for hydroxylation is 7. The zero-order chi connectivity index (χ0) is 107. The second kappa shape index (κ2) is 47.4. The normalized spacial score (nSPS) is 19.9. The highest BCUT2D eigenvalue weighted by Crippen LogP contribution is 2.56. The number of phenols is 1. The molecule has 147 heavy (non-hydrogen) atoms. The quantitative estimate of drug-likeness (QED) is 0.0257. The van der Waals surface area contributed by atoms with Crippen LogP contribution < -0.4 is 36.3 Å². The molecule has 30 heteroatoms. The van der Waals surface area contributed by atoms with Crippen molar-refractivity contribution in [2.24, 2.45) is 11.8 Å². The number of nitrogens with zero attached hydrogens (tertiary/aromatic N) is 4. The lowest BCUT2D eigenvalue weighted by molar-refractivity contribution is -0.244. The van der Waals surface area contributed by atoms with Crippen molar-refractivity contribution in [2.45, 2.75) is 360 Å². The smallest absolute Gasteiger partial charge is 0.348 e. The monoisotopic (exact) mass is 2100 g/mol. The molecule has 2 aromatic heterocycles. The topological polar surface area (TPSA) is 420 Å². The van der Waals surface area contributed by atoms with Crippen LogP contribution in [0.5, 0.6) is 23.0 Å². The number of benzene rings is 6. The Morgan fingerprint density at radius 2 is 0.789 bits per heavy atom. The van der Waals surface area contributed by atoms with Gasteiger partial charge in [0.05, 0.1) is 27.6 Å². The van der Waals surface area contributed by atoms with Crippen molar-refractivity contribution < 1.29 is 94.4 Å². The molecule has 4 spiro atoms. The molecule has 0 unspecified atom stereocenters. The Kier molecular flexibility index (Phi) is 36.2. The zero-order valence-electron chi connectivity index (χ0n) is 88.8. The third-order valence-corrected chi connectivity index (χ3v) is 31.9. The molecule has 11 aliphatic carbocycles. The number of ketones is 4. The number of hydrogen-bond acceptors (Lipinski definition) is 26. The lowest BCUT2D eigenvalue weighted by atomic mass is 9.61. The minimum Gasteiger partial charge on any atom is -0.508 e. The van der Waals surface area contributed by atoms with Crippen LogP contribution in [-0.4, -0.2) is 130 Å². The van der Waals surface area contributed by atoms with E-state index in [0.29, 0.717) is 65.5 Å². The van der Waals surface area contributed by atoms with Crippen molar-refractivity contribution in [1.82, 2.24) is 19.9 Å². The van der Waals surface area contributed by atoms with Crippen molar-refractivity contribution in [3.63, 3.8) is 0 Å². The fourth-order valence-corrected chi connectivity index (χ4v) is 25.0. The zero-order valence-corrected chi connectivity index (χ0v) is 91.2. The molecule has 8 aromatic rings. The fraction of sp³-hybridized carbons (Fsp3) is 0.530. The number of carbonyl (C=O) groups excluding carboxylic acids is 9. The Hall–Kier alpha value is -11.8. The first-order chi connectivity index (χ1) is 69.6. The molecule has 1 amide bonds. The van der Waals surface area contributed by atoms with Crippen LogP contribution in [0.15, 0.2) is 113 Å². The molecule has 4 heterocycles. The van der Waals surface area contributed by atoms with Gasteiger partial charge < -0.3 is 60.4 Å². The van der Waals surface area contributed by atoms with Gasteiger partial charge in [-0.1, -0.05) is 142 Å². The van der Waals surface area contributed by atoms with E-state index >= 15 is 0 Å². The van der Waals surface area contributed by atoms with Crippen molar-refractivity contribution in [2.75, 3.05) is 49.7 Å². The highest BCUT2D eigenvalue weighted by Gasteiger charge is 2.57. The summed E-state index contributed by atoms with van der Waals surface area (Å²) in [6, 6.07) is 28.2. The number of esters is 4. The van der Waals surface area contributed by atoms with E-state index in [1.807, 2.05) is 96.1 Å². The van der Waals surface area contributed by atoms with Gasteiger partial charge in [-0.05, 0) is 299 Å². The molecule has 7 saturated carbocycles. The van der Waals surface area contributed by atoms with Gasteiger partial charge in [-0.15, -0.1) is 0 Å². The molecule has 2 aliphatic heterocycles. The number of ether oxygens (including phenoxy) is 7. The molecular formula is C117H149BrN8O20S. The van der Waals surface area contributed by atoms with Crippen LogP contribution >= 0.6 is 15.9 Å². The first-order valence-corrected chi connectivity index (χ1v) is 54.9. The molecule has 0 atom stereocenters. The number of aromatic hydroxyl groups is 1. The van der Waals surface area contributed by atoms with Crippen LogP contribution in [0, 0.1) is 74.1 Å². The summed E-state index contributed by atoms with van der Waals surface area (Å²) in [5.41, 5.74) is 32.5. The summed E-state index contributed by atoms with van der Waals surface area (Å²) >= 11 is 3.37. The second-order valence-electron chi connectivity index (χ2n) is 43.6. The maximum absolute atomic E-state index is 12.8. The van der Waals surface area contributed by atoms with Crippen LogP contribution in [0.3, 0.4) is 0 Å². The maximum atomic E-state index is 12.8. The van der Waals surface area contributed by atoms with Crippen LogP contribution in [0.25, 0.3) is 0 Å². The Labute approximate surface area is 874 Å². The van der Waals surface area contributed by atoms with E-state index in [2.05, 4.69) is 84.6 Å². The number of anilines is 5. The molecule has 28 nitrogen and oxygen atoms in total. The number of amides is 1. The maximum Gasteiger partial charge on any atom is 0.348 e. The molecule has 21 rings (SSSR count). The van der Waals surface area contributed by atoms with Gasteiger partial charge in [-0.3, -0.25) is 38.1 Å². The molecular weight excluding hydrogens is 1950 g/mol. The van der Waals surface area contributed by atoms with Gasteiger partial charge in [0.25, 0.3) is 21.7 Å². The largest absolute Gasteiger partial charge is 0.508 e. The number of nitrogens with two attached hydrogens (primary N) is 2. The summed E-state index contributed by atoms with van der Waals surface area (Å²) in [7, 11) is 1.32. The molecule has 0 radical (unpaired) electrons. The van der Waals surface area contributed by atoms with Gasteiger partial charge in [-0.2, -0.15) is 8.42 Å². The minimum absolute atomic E-state index is 0.0335. The lowest BCUT2D eigenvalue weighted by Gasteiger charge is -2.45. The van der Waals surface area contributed by atoms with Gasteiger partial charge in [0, 0.05) is 130 Å². The third-order valence-electron chi connectivity index (χ3n) is 31.5. The number of aromatic nitrogens is 4. The number of nitrogens with one attached hydrogen (secondary N) is 2. The van der Waals surface area contributed by atoms with Gasteiger partial charge in [-0.25, -0.2) is 29.5 Å². The number of rotatable bonds is 9. The minimum atomic E-state index is -3.67. The van der Waals surface area contributed by atoms with Crippen molar-refractivity contribution in [1.29, 1.82) is 0 Å². The SMILES string of the molecule is CC1(C)OC(=O)C(=C2CCCCC2)C(=O)O1.COc1cc(C)c2c(c1)C1(CCCCC1)CC2=O.COc1cc(C)cc(Br)c1.COc1cc(C)cc(C2(C3C(=O)OC(C)(C)OC3=O)CCCCC2)c1.CS(=O)(=O)O.Cc1c(N)ncnc1NC(=O)C1CC1.Cc1cc(C)c2c(c1)C1(CCCCC1)CC2=O.Cc1cc(Nc2ncnc(N)c2C)cc2c1C(=O)CC21CCCCC1.Cc1cc(O)cc2c1C(=O)CC21CCCCC1. The summed E-state index contributed by atoms with van der Waals surface area (Å²) in [5, 5.41) is 15.9. The van der Waals surface area contributed by atoms with Crippen LogP contribution in [0.4, 0.5) is 29.0 Å². The molecule has 9 fully saturated rings. The van der Waals surface area contributed by atoms with E-state index in [1.54, 1.807) is 62.0 Å². The molecule has 0 bridgehead atoms. The number of allylic oxidation sites excluding steroid dienone is 1. The average Bonchev–Trinajstić information content (AvgIpc) is 1.17. The number of cyclic esters (lactones) is 4. The van der Waals surface area contributed by atoms with Gasteiger partial charge in [0.15, 0.2) is 29.1 Å². The molecule has 6 aromatic carbocycles. The molecule has 8 N–H and O–H groups in total. The Morgan fingerprint density at radius 1 is 0.429 bits per heavy atom. The van der Waals surface area contributed by atoms with E-state index in [1.165, 1.54) is 149 Å². The van der Waals surface area contributed by atoms with E-state index in [4.69, 9.17) is 49.2 Å². The number of phenolic OH excluding ortho intramolecular Hbond substituents is 1. The Morgan fingerprint density at radius 3 is 1.23 bits per heavy atom. The van der Waals surface area contributed by atoms with E-state index in [0.717, 1.165) is 215 Å². The number of halogens is 1. The Bertz CT molecular complexity index is 6280. The second-order valence-corrected chi connectivity index (χ2v) is 46.0. The Balaban J connectivity index is 0.000000141. The van der Waals surface area contributed by atoms with Crippen molar-refractivity contribution in [3.05, 3.63) is 213 Å². The highest BCUT2D eigenvalue weighted by atomic mass is 79.9. The number of Topliss-reactive ketones (excluding diaryl/α,β-unsaturated/α-hetero) is 4. The molecule has 13 aliphatic rings. The van der Waals surface area contributed by atoms with Crippen molar-refractivity contribution in [3.8, 4) is 23.0 Å². The van der Waals surface area contributed by atoms with Crippen molar-refractivity contribution >= 4 is 108 Å². The summed E-state index contributed by atoms with van der Waals surface area (Å²) < 4.78 is 63.8. The predicted molar refractivity (Wildman–Crippen MR) is 571 cm³/mol. The summed E-state index contributed by atoms with van der Waals surface area (Å²) in [6.07, 6.45) is 42.1. The van der Waals surface area contributed by atoms with Crippen LogP contribution in [0.2, 0.25) is 0 Å². The first kappa shape index (κ1) is 112. The predicted octanol–water partition coefficient (Wildman–Crippen LogP) is 24.3.